The highest BCUT2D eigenvalue weighted by atomic mass is 16.2. The van der Waals surface area contributed by atoms with Gasteiger partial charge in [0, 0.05) is 37.1 Å². The fraction of sp³-hybridized carbons (Fsp3) is 0.333. The molecule has 0 saturated heterocycles. The van der Waals surface area contributed by atoms with Crippen molar-refractivity contribution in [3.05, 3.63) is 84.2 Å². The van der Waals surface area contributed by atoms with Gasteiger partial charge in [-0.25, -0.2) is 0 Å². The Kier molecular flexibility index (Phi) is 6.74. The van der Waals surface area contributed by atoms with Crippen LogP contribution in [0.15, 0.2) is 72.9 Å². The summed E-state index contributed by atoms with van der Waals surface area (Å²) < 4.78 is 2.05. The average molecular weight is 430 g/mol. The van der Waals surface area contributed by atoms with Crippen LogP contribution in [0.25, 0.3) is 11.1 Å². The third-order valence-corrected chi connectivity index (χ3v) is 6.04. The van der Waals surface area contributed by atoms with E-state index in [9.17, 15) is 9.59 Å². The van der Waals surface area contributed by atoms with Crippen molar-refractivity contribution >= 4 is 11.8 Å². The van der Waals surface area contributed by atoms with E-state index in [0.717, 1.165) is 36.1 Å². The molecule has 1 heterocycles. The van der Waals surface area contributed by atoms with Gasteiger partial charge in [-0.15, -0.1) is 0 Å². The van der Waals surface area contributed by atoms with Gasteiger partial charge in [0.1, 0.15) is 6.54 Å². The molecule has 2 aromatic carbocycles. The molecule has 1 aromatic heterocycles. The van der Waals surface area contributed by atoms with E-state index in [4.69, 9.17) is 0 Å². The summed E-state index contributed by atoms with van der Waals surface area (Å²) in [6.07, 6.45) is 4.89. The first-order valence-electron chi connectivity index (χ1n) is 11.4. The van der Waals surface area contributed by atoms with Crippen molar-refractivity contribution in [2.45, 2.75) is 38.8 Å². The lowest BCUT2D eigenvalue weighted by Crippen LogP contribution is -2.44. The monoisotopic (exact) mass is 429 g/mol. The summed E-state index contributed by atoms with van der Waals surface area (Å²) in [5, 5.41) is 0. The maximum Gasteiger partial charge on any atom is 0.254 e. The van der Waals surface area contributed by atoms with Gasteiger partial charge in [-0.1, -0.05) is 49.4 Å². The van der Waals surface area contributed by atoms with Crippen LogP contribution < -0.4 is 0 Å². The van der Waals surface area contributed by atoms with Crippen LogP contribution in [0.5, 0.6) is 0 Å². The number of carbonyl (C=O) groups is 2. The Morgan fingerprint density at radius 3 is 2.22 bits per heavy atom. The third-order valence-electron chi connectivity index (χ3n) is 6.04. The van der Waals surface area contributed by atoms with Gasteiger partial charge >= 0.3 is 0 Å². The SMILES string of the molecule is CCCN(CC(=O)N(Cc1cccn1C)C1CC1)C(=O)c1ccc(-c2ccccc2)cc1. The van der Waals surface area contributed by atoms with E-state index in [2.05, 4.69) is 12.1 Å². The molecule has 1 saturated carbocycles. The van der Waals surface area contributed by atoms with E-state index in [1.807, 2.05) is 84.2 Å². The van der Waals surface area contributed by atoms with Gasteiger partial charge in [0.05, 0.1) is 6.54 Å². The molecule has 0 spiro atoms. The molecule has 1 aliphatic carbocycles. The molecule has 5 nitrogen and oxygen atoms in total. The Labute approximate surface area is 190 Å². The second-order valence-electron chi connectivity index (χ2n) is 8.53. The van der Waals surface area contributed by atoms with Crippen LogP contribution in [0.2, 0.25) is 0 Å². The predicted molar refractivity (Wildman–Crippen MR) is 127 cm³/mol. The highest BCUT2D eigenvalue weighted by Gasteiger charge is 2.34. The van der Waals surface area contributed by atoms with E-state index in [1.54, 1.807) is 4.90 Å². The summed E-state index contributed by atoms with van der Waals surface area (Å²) in [5.74, 6) is -0.0640. The molecule has 0 aliphatic heterocycles. The van der Waals surface area contributed by atoms with Gasteiger partial charge < -0.3 is 14.4 Å². The number of hydrogen-bond acceptors (Lipinski definition) is 2. The highest BCUT2D eigenvalue weighted by molar-refractivity contribution is 5.97. The van der Waals surface area contributed by atoms with Crippen LogP contribution in [-0.4, -0.2) is 45.3 Å². The number of benzene rings is 2. The van der Waals surface area contributed by atoms with Crippen LogP contribution in [0.3, 0.4) is 0 Å². The summed E-state index contributed by atoms with van der Waals surface area (Å²) in [6.45, 7) is 3.31. The quantitative estimate of drug-likeness (QED) is 0.493. The average Bonchev–Trinajstić information content (AvgIpc) is 3.58. The third kappa shape index (κ3) is 5.10. The van der Waals surface area contributed by atoms with E-state index in [1.165, 1.54) is 0 Å². The minimum atomic E-state index is -0.0885. The highest BCUT2D eigenvalue weighted by Crippen LogP contribution is 2.29. The molecular formula is C27H31N3O2. The molecule has 5 heteroatoms. The number of hydrogen-bond donors (Lipinski definition) is 0. The second kappa shape index (κ2) is 9.86. The zero-order chi connectivity index (χ0) is 22.5. The van der Waals surface area contributed by atoms with Crippen LogP contribution in [0.1, 0.15) is 42.2 Å². The Bertz CT molecular complexity index is 1050. The first-order chi connectivity index (χ1) is 15.6. The molecule has 1 fully saturated rings. The molecule has 32 heavy (non-hydrogen) atoms. The van der Waals surface area contributed by atoms with Gasteiger partial charge in [-0.05, 0) is 54.7 Å². The van der Waals surface area contributed by atoms with Crippen LogP contribution >= 0.6 is 0 Å². The number of amides is 2. The number of nitrogens with zero attached hydrogens (tertiary/aromatic N) is 3. The zero-order valence-electron chi connectivity index (χ0n) is 18.9. The summed E-state index contributed by atoms with van der Waals surface area (Å²) in [7, 11) is 2.00. The summed E-state index contributed by atoms with van der Waals surface area (Å²) in [6, 6.07) is 22.1. The van der Waals surface area contributed by atoms with E-state index in [-0.39, 0.29) is 18.4 Å². The van der Waals surface area contributed by atoms with Gasteiger partial charge in [0.15, 0.2) is 0 Å². The van der Waals surface area contributed by atoms with Crippen LogP contribution in [0, 0.1) is 0 Å². The van der Waals surface area contributed by atoms with Crippen molar-refractivity contribution in [2.24, 2.45) is 7.05 Å². The zero-order valence-corrected chi connectivity index (χ0v) is 18.9. The second-order valence-corrected chi connectivity index (χ2v) is 8.53. The van der Waals surface area contributed by atoms with Crippen molar-refractivity contribution < 1.29 is 9.59 Å². The van der Waals surface area contributed by atoms with Crippen LogP contribution in [-0.2, 0) is 18.4 Å². The molecule has 0 atom stereocenters. The van der Waals surface area contributed by atoms with Crippen molar-refractivity contribution in [3.63, 3.8) is 0 Å². The lowest BCUT2D eigenvalue weighted by molar-refractivity contribution is -0.133. The predicted octanol–water partition coefficient (Wildman–Crippen LogP) is 4.74. The Hall–Kier alpha value is -3.34. The van der Waals surface area contributed by atoms with Crippen molar-refractivity contribution in [2.75, 3.05) is 13.1 Å². The summed E-state index contributed by atoms with van der Waals surface area (Å²) >= 11 is 0. The first-order valence-corrected chi connectivity index (χ1v) is 11.4. The molecule has 1 aliphatic rings. The van der Waals surface area contributed by atoms with Crippen molar-refractivity contribution in [1.29, 1.82) is 0 Å². The maximum absolute atomic E-state index is 13.2. The molecule has 0 radical (unpaired) electrons. The van der Waals surface area contributed by atoms with Gasteiger partial charge in [-0.2, -0.15) is 0 Å². The standard InChI is InChI=1S/C27H31N3O2/c1-3-17-29(20-26(31)30(24-15-16-24)19-25-10-7-18-28(25)2)27(32)23-13-11-22(12-14-23)21-8-5-4-6-9-21/h4-14,18,24H,3,15-17,19-20H2,1-2H3. The largest absolute Gasteiger partial charge is 0.353 e. The van der Waals surface area contributed by atoms with E-state index in [0.29, 0.717) is 24.7 Å². The lowest BCUT2D eigenvalue weighted by Gasteiger charge is -2.28. The number of aryl methyl sites for hydroxylation is 1. The van der Waals surface area contributed by atoms with Crippen molar-refractivity contribution in [3.8, 4) is 11.1 Å². The Balaban J connectivity index is 1.46. The Morgan fingerprint density at radius 1 is 0.938 bits per heavy atom. The van der Waals surface area contributed by atoms with Gasteiger partial charge in [-0.3, -0.25) is 9.59 Å². The normalized spacial score (nSPS) is 13.1. The van der Waals surface area contributed by atoms with E-state index < -0.39 is 0 Å². The lowest BCUT2D eigenvalue weighted by atomic mass is 10.0. The molecule has 3 aromatic rings. The fourth-order valence-corrected chi connectivity index (χ4v) is 4.04. The molecule has 0 bridgehead atoms. The Morgan fingerprint density at radius 2 is 1.62 bits per heavy atom. The topological polar surface area (TPSA) is 45.6 Å². The van der Waals surface area contributed by atoms with Crippen LogP contribution in [0.4, 0.5) is 0 Å². The molecule has 2 amide bonds. The number of aromatic nitrogens is 1. The molecule has 4 rings (SSSR count). The van der Waals surface area contributed by atoms with E-state index >= 15 is 0 Å². The van der Waals surface area contributed by atoms with Gasteiger partial charge in [0.2, 0.25) is 5.91 Å². The number of carbonyl (C=O) groups excluding carboxylic acids is 2. The molecule has 0 unspecified atom stereocenters. The first kappa shape index (κ1) is 21.9. The van der Waals surface area contributed by atoms with Gasteiger partial charge in [0.25, 0.3) is 5.91 Å². The summed E-state index contributed by atoms with van der Waals surface area (Å²) in [5.41, 5.74) is 3.91. The van der Waals surface area contributed by atoms with Crippen molar-refractivity contribution in [1.82, 2.24) is 14.4 Å². The maximum atomic E-state index is 13.2. The fourth-order valence-electron chi connectivity index (χ4n) is 4.04. The summed E-state index contributed by atoms with van der Waals surface area (Å²) in [4.78, 5) is 30.1. The minimum absolute atomic E-state index is 0.0244. The molecular weight excluding hydrogens is 398 g/mol. The minimum Gasteiger partial charge on any atom is -0.353 e. The molecule has 0 N–H and O–H groups in total. The molecule has 166 valence electrons. The smallest absolute Gasteiger partial charge is 0.254 e. The number of rotatable bonds is 9.